The minimum absolute atomic E-state index is 0.0277. The largest absolute Gasteiger partial charge is 0.489 e. The second kappa shape index (κ2) is 9.60. The molecule has 4 rings (SSSR count). The lowest BCUT2D eigenvalue weighted by molar-refractivity contribution is -0.117. The molecule has 3 heterocycles. The first kappa shape index (κ1) is 21.5. The summed E-state index contributed by atoms with van der Waals surface area (Å²) < 4.78 is 32.0. The zero-order valence-electron chi connectivity index (χ0n) is 17.9. The van der Waals surface area contributed by atoms with Crippen molar-refractivity contribution in [3.63, 3.8) is 0 Å². The van der Waals surface area contributed by atoms with Crippen molar-refractivity contribution in [2.45, 2.75) is 51.2 Å². The van der Waals surface area contributed by atoms with E-state index in [1.54, 1.807) is 6.92 Å². The SMILES string of the molecule is CC(=O)C[C@@H](C)c1ccc(O[C@@H]2CCN(c3ncnc(O[C@@H]4CCOC4)c3F)C2)cc1. The van der Waals surface area contributed by atoms with E-state index in [2.05, 4.69) is 9.97 Å². The van der Waals surface area contributed by atoms with Gasteiger partial charge in [-0.25, -0.2) is 4.98 Å². The van der Waals surface area contributed by atoms with Gasteiger partial charge in [0.1, 0.15) is 30.1 Å². The molecule has 0 spiro atoms. The van der Waals surface area contributed by atoms with Crippen LogP contribution in [0.1, 0.15) is 44.6 Å². The number of carbonyl (C=O) groups excluding carboxylic acids is 1. The van der Waals surface area contributed by atoms with E-state index in [1.165, 1.54) is 6.33 Å². The highest BCUT2D eigenvalue weighted by atomic mass is 19.1. The van der Waals surface area contributed by atoms with Gasteiger partial charge in [-0.3, -0.25) is 0 Å². The molecule has 3 atom stereocenters. The van der Waals surface area contributed by atoms with Gasteiger partial charge >= 0.3 is 0 Å². The Morgan fingerprint density at radius 2 is 2.03 bits per heavy atom. The molecular formula is C23H28FN3O4. The molecule has 0 unspecified atom stereocenters. The number of ketones is 1. The summed E-state index contributed by atoms with van der Waals surface area (Å²) in [6, 6.07) is 7.84. The Balaban J connectivity index is 1.36. The van der Waals surface area contributed by atoms with Crippen LogP contribution in [0.5, 0.6) is 11.6 Å². The van der Waals surface area contributed by atoms with Crippen LogP contribution in [-0.2, 0) is 9.53 Å². The van der Waals surface area contributed by atoms with E-state index in [-0.39, 0.29) is 35.6 Å². The van der Waals surface area contributed by atoms with E-state index in [4.69, 9.17) is 14.2 Å². The standard InChI is InChI=1S/C23H28FN3O4/c1-15(11-16(2)28)17-3-5-18(6-4-17)30-19-7-9-27(12-19)22-21(24)23(26-14-25-22)31-20-8-10-29-13-20/h3-6,14-15,19-20H,7-13H2,1-2H3/t15-,19-,20-/m1/s1. The molecule has 1 aromatic carbocycles. The number of benzene rings is 1. The number of hydrogen-bond donors (Lipinski definition) is 0. The van der Waals surface area contributed by atoms with Crippen molar-refractivity contribution in [2.75, 3.05) is 31.2 Å². The summed E-state index contributed by atoms with van der Waals surface area (Å²) >= 11 is 0. The zero-order valence-corrected chi connectivity index (χ0v) is 17.9. The maximum absolute atomic E-state index is 14.9. The van der Waals surface area contributed by atoms with Crippen LogP contribution in [0, 0.1) is 5.82 Å². The Labute approximate surface area is 181 Å². The normalized spacial score (nSPS) is 21.8. The molecule has 2 aromatic rings. The molecule has 31 heavy (non-hydrogen) atoms. The van der Waals surface area contributed by atoms with Gasteiger partial charge in [0.25, 0.3) is 5.88 Å². The molecule has 8 heteroatoms. The first-order valence-electron chi connectivity index (χ1n) is 10.8. The predicted molar refractivity (Wildman–Crippen MR) is 113 cm³/mol. The highest BCUT2D eigenvalue weighted by molar-refractivity contribution is 5.76. The van der Waals surface area contributed by atoms with Gasteiger partial charge in [0.15, 0.2) is 5.82 Å². The maximum atomic E-state index is 14.9. The molecule has 7 nitrogen and oxygen atoms in total. The number of ether oxygens (including phenoxy) is 3. The van der Waals surface area contributed by atoms with Crippen molar-refractivity contribution in [1.29, 1.82) is 0 Å². The summed E-state index contributed by atoms with van der Waals surface area (Å²) in [5.41, 5.74) is 1.11. The Morgan fingerprint density at radius 1 is 1.23 bits per heavy atom. The Morgan fingerprint density at radius 3 is 2.74 bits per heavy atom. The second-order valence-electron chi connectivity index (χ2n) is 8.27. The Hall–Kier alpha value is -2.74. The van der Waals surface area contributed by atoms with Crippen molar-refractivity contribution in [3.05, 3.63) is 42.0 Å². The molecule has 0 amide bonds. The maximum Gasteiger partial charge on any atom is 0.256 e. The lowest BCUT2D eigenvalue weighted by Gasteiger charge is -2.20. The summed E-state index contributed by atoms with van der Waals surface area (Å²) in [6.07, 6.45) is 3.11. The van der Waals surface area contributed by atoms with Crippen LogP contribution in [0.3, 0.4) is 0 Å². The first-order chi connectivity index (χ1) is 15.0. The molecule has 0 bridgehead atoms. The first-order valence-corrected chi connectivity index (χ1v) is 10.8. The fourth-order valence-corrected chi connectivity index (χ4v) is 4.04. The molecule has 0 saturated carbocycles. The van der Waals surface area contributed by atoms with Gasteiger partial charge in [0.2, 0.25) is 5.82 Å². The average Bonchev–Trinajstić information content (AvgIpc) is 3.42. The second-order valence-corrected chi connectivity index (χ2v) is 8.27. The van der Waals surface area contributed by atoms with Gasteiger partial charge < -0.3 is 23.9 Å². The number of rotatable bonds is 8. The van der Waals surface area contributed by atoms with Crippen LogP contribution in [-0.4, -0.2) is 54.3 Å². The number of nitrogens with zero attached hydrogens (tertiary/aromatic N) is 3. The van der Waals surface area contributed by atoms with Crippen LogP contribution in [0.2, 0.25) is 0 Å². The number of hydrogen-bond acceptors (Lipinski definition) is 7. The lowest BCUT2D eigenvalue weighted by atomic mass is 9.96. The van der Waals surface area contributed by atoms with Gasteiger partial charge in [-0.1, -0.05) is 19.1 Å². The summed E-state index contributed by atoms with van der Waals surface area (Å²) in [6.45, 7) is 5.88. The van der Waals surface area contributed by atoms with Crippen LogP contribution < -0.4 is 14.4 Å². The Kier molecular flexibility index (Phi) is 6.65. The molecule has 2 saturated heterocycles. The molecule has 1 aromatic heterocycles. The topological polar surface area (TPSA) is 73.8 Å². The van der Waals surface area contributed by atoms with Gasteiger partial charge in [0.05, 0.1) is 19.8 Å². The highest BCUT2D eigenvalue weighted by Crippen LogP contribution is 2.29. The average molecular weight is 429 g/mol. The predicted octanol–water partition coefficient (Wildman–Crippen LogP) is 3.52. The van der Waals surface area contributed by atoms with Gasteiger partial charge in [-0.2, -0.15) is 9.37 Å². The highest BCUT2D eigenvalue weighted by Gasteiger charge is 2.29. The third-order valence-corrected chi connectivity index (χ3v) is 5.70. The van der Waals surface area contributed by atoms with E-state index in [0.717, 1.165) is 24.2 Å². The molecule has 2 aliphatic heterocycles. The fourth-order valence-electron chi connectivity index (χ4n) is 4.04. The van der Waals surface area contributed by atoms with Crippen molar-refractivity contribution in [3.8, 4) is 11.6 Å². The summed E-state index contributed by atoms with van der Waals surface area (Å²) in [5.74, 6) is 0.795. The van der Waals surface area contributed by atoms with Gasteiger partial charge in [0, 0.05) is 25.8 Å². The van der Waals surface area contributed by atoms with E-state index in [9.17, 15) is 9.18 Å². The van der Waals surface area contributed by atoms with E-state index in [1.807, 2.05) is 36.1 Å². The van der Waals surface area contributed by atoms with E-state index in [0.29, 0.717) is 32.7 Å². The van der Waals surface area contributed by atoms with Crippen molar-refractivity contribution >= 4 is 11.6 Å². The molecule has 0 radical (unpaired) electrons. The van der Waals surface area contributed by atoms with Crippen LogP contribution >= 0.6 is 0 Å². The minimum atomic E-state index is -0.543. The van der Waals surface area contributed by atoms with Crippen molar-refractivity contribution < 1.29 is 23.4 Å². The number of carbonyl (C=O) groups is 1. The number of Topliss-reactive ketones (excluding diaryl/α,β-unsaturated/α-hetero) is 1. The molecule has 2 fully saturated rings. The van der Waals surface area contributed by atoms with Crippen molar-refractivity contribution in [1.82, 2.24) is 9.97 Å². The zero-order chi connectivity index (χ0) is 21.8. The molecule has 166 valence electrons. The fraction of sp³-hybridized carbons (Fsp3) is 0.522. The lowest BCUT2D eigenvalue weighted by Crippen LogP contribution is -2.27. The summed E-state index contributed by atoms with van der Waals surface area (Å²) in [4.78, 5) is 21.3. The third kappa shape index (κ3) is 5.31. The van der Waals surface area contributed by atoms with Crippen LogP contribution in [0.4, 0.5) is 10.2 Å². The number of halogens is 1. The molecular weight excluding hydrogens is 401 g/mol. The minimum Gasteiger partial charge on any atom is -0.489 e. The Bertz CT molecular complexity index is 902. The van der Waals surface area contributed by atoms with Crippen LogP contribution in [0.25, 0.3) is 0 Å². The monoisotopic (exact) mass is 429 g/mol. The number of anilines is 1. The van der Waals surface area contributed by atoms with E-state index < -0.39 is 5.82 Å². The smallest absolute Gasteiger partial charge is 0.256 e. The van der Waals surface area contributed by atoms with E-state index >= 15 is 0 Å². The van der Waals surface area contributed by atoms with Gasteiger partial charge in [-0.15, -0.1) is 0 Å². The number of aromatic nitrogens is 2. The van der Waals surface area contributed by atoms with Crippen molar-refractivity contribution in [2.24, 2.45) is 0 Å². The summed E-state index contributed by atoms with van der Waals surface area (Å²) in [5, 5.41) is 0. The molecule has 0 N–H and O–H groups in total. The molecule has 2 aliphatic rings. The van der Waals surface area contributed by atoms with Crippen LogP contribution in [0.15, 0.2) is 30.6 Å². The third-order valence-electron chi connectivity index (χ3n) is 5.70. The molecule has 0 aliphatic carbocycles. The summed E-state index contributed by atoms with van der Waals surface area (Å²) in [7, 11) is 0. The van der Waals surface area contributed by atoms with Gasteiger partial charge in [-0.05, 0) is 30.5 Å². The quantitative estimate of drug-likeness (QED) is 0.636.